The number of fused-ring (bicyclic) bond motifs is 9. The number of rotatable bonds is 10. The zero-order chi connectivity index (χ0) is 53.0. The highest BCUT2D eigenvalue weighted by Gasteiger charge is 2.47. The van der Waals surface area contributed by atoms with Gasteiger partial charge in [0, 0.05) is 16.9 Å². The predicted molar refractivity (Wildman–Crippen MR) is 338 cm³/mol. The summed E-state index contributed by atoms with van der Waals surface area (Å²) in [5.74, 6) is 0. The molecule has 0 amide bonds. The minimum absolute atomic E-state index is 0.614. The van der Waals surface area contributed by atoms with Gasteiger partial charge in [0.15, 0.2) is 0 Å². The van der Waals surface area contributed by atoms with Gasteiger partial charge in [-0.05, 0) is 158 Å². The van der Waals surface area contributed by atoms with Gasteiger partial charge in [-0.3, -0.25) is 0 Å². The Labute approximate surface area is 467 Å². The van der Waals surface area contributed by atoms with E-state index in [4.69, 9.17) is 0 Å². The molecule has 0 fully saturated rings. The maximum Gasteiger partial charge on any atom is 0.0714 e. The van der Waals surface area contributed by atoms with E-state index in [9.17, 15) is 0 Å². The highest BCUT2D eigenvalue weighted by molar-refractivity contribution is 6.26. The number of benzene rings is 14. The lowest BCUT2D eigenvalue weighted by Crippen LogP contribution is -2.28. The lowest BCUT2D eigenvalue weighted by Gasteiger charge is -2.35. The summed E-state index contributed by atoms with van der Waals surface area (Å²) in [4.78, 5) is 2.51. The molecule has 0 atom stereocenters. The number of hydrogen-bond acceptors (Lipinski definition) is 1. The summed E-state index contributed by atoms with van der Waals surface area (Å²) in [6.45, 7) is 0. The minimum atomic E-state index is -0.614. The van der Waals surface area contributed by atoms with Crippen LogP contribution in [0.1, 0.15) is 22.3 Å². The van der Waals surface area contributed by atoms with Crippen LogP contribution in [0.4, 0.5) is 17.1 Å². The number of nitrogens with zero attached hydrogens (tertiary/aromatic N) is 1. The van der Waals surface area contributed by atoms with Crippen LogP contribution in [-0.2, 0) is 5.41 Å². The first kappa shape index (κ1) is 46.9. The minimum Gasteiger partial charge on any atom is -0.310 e. The largest absolute Gasteiger partial charge is 0.310 e. The molecule has 1 nitrogen and oxygen atoms in total. The highest BCUT2D eigenvalue weighted by atomic mass is 15.1. The van der Waals surface area contributed by atoms with Crippen molar-refractivity contribution in [3.05, 3.63) is 344 Å². The molecule has 0 heterocycles. The predicted octanol–water partition coefficient (Wildman–Crippen LogP) is 21.3. The van der Waals surface area contributed by atoms with E-state index < -0.39 is 5.41 Å². The van der Waals surface area contributed by atoms with Crippen molar-refractivity contribution in [1.29, 1.82) is 0 Å². The summed E-state index contributed by atoms with van der Waals surface area (Å²) in [7, 11) is 0. The maximum absolute atomic E-state index is 2.54. The highest BCUT2D eigenvalue weighted by Crippen LogP contribution is 2.59. The molecule has 0 unspecified atom stereocenters. The van der Waals surface area contributed by atoms with Crippen molar-refractivity contribution in [3.63, 3.8) is 0 Å². The van der Waals surface area contributed by atoms with Gasteiger partial charge in [0.2, 0.25) is 0 Å². The Balaban J connectivity index is 0.979. The van der Waals surface area contributed by atoms with E-state index in [1.807, 2.05) is 0 Å². The molecule has 374 valence electrons. The summed E-state index contributed by atoms with van der Waals surface area (Å²) in [6, 6.07) is 119. The summed E-state index contributed by atoms with van der Waals surface area (Å²) in [6.07, 6.45) is 0. The average Bonchev–Trinajstić information content (AvgIpc) is 3.98. The van der Waals surface area contributed by atoms with E-state index in [1.54, 1.807) is 0 Å². The van der Waals surface area contributed by atoms with Gasteiger partial charge in [0.25, 0.3) is 0 Å². The van der Waals surface area contributed by atoms with Gasteiger partial charge in [-0.15, -0.1) is 0 Å². The zero-order valence-electron chi connectivity index (χ0n) is 44.0. The van der Waals surface area contributed by atoms with Gasteiger partial charge in [-0.2, -0.15) is 0 Å². The van der Waals surface area contributed by atoms with Crippen LogP contribution < -0.4 is 4.90 Å². The van der Waals surface area contributed by atoms with Crippen LogP contribution >= 0.6 is 0 Å². The molecular formula is C79H53N. The topological polar surface area (TPSA) is 3.24 Å². The average molecular weight is 1020 g/mol. The molecule has 0 saturated carbocycles. The van der Waals surface area contributed by atoms with Crippen LogP contribution in [0, 0.1) is 0 Å². The zero-order valence-corrected chi connectivity index (χ0v) is 44.0. The standard InChI is InChI=1S/C79H53N/c1-5-19-54(20-6-1)56-33-37-58(38-34-56)60-41-46-65(47-42-60)80(66-48-43-61(44-49-66)59-39-35-57(36-40-59)55-21-7-2-8-22-55)78-53-77-75(72-31-17-18-32-76(72)79(77,63-23-9-3-10-24-63)64-25-11-4-12-26-64)52-73(78)62-45-50-71-69-29-14-13-27-67(69)68-28-15-16-30-70(68)74(71)51-62/h1-53H. The monoisotopic (exact) mass is 1020 g/mol. The van der Waals surface area contributed by atoms with Crippen LogP contribution in [0.3, 0.4) is 0 Å². The third kappa shape index (κ3) is 7.85. The third-order valence-electron chi connectivity index (χ3n) is 16.8. The first-order valence-corrected chi connectivity index (χ1v) is 27.7. The quantitative estimate of drug-likeness (QED) is 0.123. The normalized spacial score (nSPS) is 12.3. The Hall–Kier alpha value is -10.3. The first-order valence-electron chi connectivity index (χ1n) is 27.7. The van der Waals surface area contributed by atoms with E-state index in [0.717, 1.165) is 39.3 Å². The van der Waals surface area contributed by atoms with E-state index in [0.29, 0.717) is 0 Å². The fraction of sp³-hybridized carbons (Fsp3) is 0.0127. The Kier molecular flexibility index (Phi) is 11.5. The van der Waals surface area contributed by atoms with Crippen molar-refractivity contribution in [2.45, 2.75) is 5.41 Å². The first-order chi connectivity index (χ1) is 39.7. The van der Waals surface area contributed by atoms with Crippen molar-refractivity contribution < 1.29 is 0 Å². The second kappa shape index (κ2) is 19.6. The molecule has 0 saturated heterocycles. The fourth-order valence-corrected chi connectivity index (χ4v) is 13.0. The van der Waals surface area contributed by atoms with E-state index in [1.165, 1.54) is 99.1 Å². The Morgan fingerprint density at radius 3 is 0.988 bits per heavy atom. The van der Waals surface area contributed by atoms with Crippen molar-refractivity contribution in [1.82, 2.24) is 0 Å². The van der Waals surface area contributed by atoms with Gasteiger partial charge in [0.1, 0.15) is 0 Å². The summed E-state index contributed by atoms with van der Waals surface area (Å²) in [5, 5.41) is 7.53. The number of anilines is 3. The molecule has 0 aliphatic heterocycles. The molecule has 14 aromatic rings. The summed E-state index contributed by atoms with van der Waals surface area (Å²) >= 11 is 0. The Bertz CT molecular complexity index is 4370. The molecule has 0 radical (unpaired) electrons. The fourth-order valence-electron chi connectivity index (χ4n) is 13.0. The molecule has 1 aliphatic carbocycles. The second-order valence-electron chi connectivity index (χ2n) is 21.1. The molecule has 14 aromatic carbocycles. The van der Waals surface area contributed by atoms with Gasteiger partial charge in [-0.25, -0.2) is 0 Å². The maximum atomic E-state index is 2.54. The van der Waals surface area contributed by atoms with Gasteiger partial charge >= 0.3 is 0 Å². The van der Waals surface area contributed by atoms with Crippen molar-refractivity contribution in [2.75, 3.05) is 4.90 Å². The van der Waals surface area contributed by atoms with Crippen LogP contribution in [0.25, 0.3) is 99.1 Å². The van der Waals surface area contributed by atoms with Crippen molar-refractivity contribution in [2.24, 2.45) is 0 Å². The number of hydrogen-bond donors (Lipinski definition) is 0. The molecule has 0 aromatic heterocycles. The van der Waals surface area contributed by atoms with E-state index >= 15 is 0 Å². The van der Waals surface area contributed by atoms with E-state index in [-0.39, 0.29) is 0 Å². The van der Waals surface area contributed by atoms with Crippen LogP contribution in [0.5, 0.6) is 0 Å². The van der Waals surface area contributed by atoms with Gasteiger partial charge < -0.3 is 4.90 Å². The van der Waals surface area contributed by atoms with Gasteiger partial charge in [0.05, 0.1) is 11.1 Å². The van der Waals surface area contributed by atoms with Gasteiger partial charge in [-0.1, -0.05) is 279 Å². The second-order valence-corrected chi connectivity index (χ2v) is 21.1. The summed E-state index contributed by atoms with van der Waals surface area (Å²) < 4.78 is 0. The molecule has 0 spiro atoms. The van der Waals surface area contributed by atoms with Crippen molar-refractivity contribution in [3.8, 4) is 66.8 Å². The lowest BCUT2D eigenvalue weighted by molar-refractivity contribution is 0.768. The Morgan fingerprint density at radius 2 is 0.537 bits per heavy atom. The van der Waals surface area contributed by atoms with Crippen molar-refractivity contribution >= 4 is 49.4 Å². The molecule has 80 heavy (non-hydrogen) atoms. The molecule has 0 bridgehead atoms. The molecule has 0 N–H and O–H groups in total. The molecule has 15 rings (SSSR count). The summed E-state index contributed by atoms with van der Waals surface area (Å²) in [5.41, 5.74) is 21.9. The molecule has 1 aliphatic rings. The SMILES string of the molecule is c1ccc(-c2ccc(-c3ccc(N(c4ccc(-c5ccc(-c6ccccc6)cc5)cc4)c4cc5c(cc4-c4ccc6c7ccccc7c7ccccc7c6c4)-c4ccccc4C5(c4ccccc4)c4ccccc4)cc3)cc2)cc1. The lowest BCUT2D eigenvalue weighted by atomic mass is 9.67. The van der Waals surface area contributed by atoms with Crippen LogP contribution in [0.2, 0.25) is 0 Å². The third-order valence-corrected chi connectivity index (χ3v) is 16.8. The molecular weight excluding hydrogens is 963 g/mol. The van der Waals surface area contributed by atoms with Crippen LogP contribution in [-0.4, -0.2) is 0 Å². The molecule has 1 heteroatoms. The van der Waals surface area contributed by atoms with Crippen LogP contribution in [0.15, 0.2) is 322 Å². The van der Waals surface area contributed by atoms with E-state index in [2.05, 4.69) is 326 Å². The Morgan fingerprint density at radius 1 is 0.200 bits per heavy atom. The smallest absolute Gasteiger partial charge is 0.0714 e.